The number of methoxy groups -OCH3 is 1. The maximum Gasteiger partial charge on any atom is 0.239 e. The normalized spacial score (nSPS) is 14.0. The summed E-state index contributed by atoms with van der Waals surface area (Å²) in [5.74, 6) is -0.250. The van der Waals surface area contributed by atoms with E-state index in [-0.39, 0.29) is 43.1 Å². The van der Waals surface area contributed by atoms with Crippen LogP contribution in [0.4, 0.5) is 5.82 Å². The summed E-state index contributed by atoms with van der Waals surface area (Å²) in [6.07, 6.45) is 5.88. The summed E-state index contributed by atoms with van der Waals surface area (Å²) in [4.78, 5) is 42.1. The molecule has 0 unspecified atom stereocenters. The molecule has 148 valence electrons. The van der Waals surface area contributed by atoms with Crippen molar-refractivity contribution in [1.29, 1.82) is 0 Å². The fraction of sp³-hybridized carbons (Fsp3) is 0.579. The van der Waals surface area contributed by atoms with Crippen LogP contribution in [0.25, 0.3) is 0 Å². The minimum atomic E-state index is -0.288. The molecule has 1 heterocycles. The van der Waals surface area contributed by atoms with Gasteiger partial charge in [0.1, 0.15) is 5.82 Å². The van der Waals surface area contributed by atoms with Gasteiger partial charge in [-0.05, 0) is 25.0 Å². The molecule has 0 aromatic carbocycles. The van der Waals surface area contributed by atoms with Crippen LogP contribution in [-0.2, 0) is 19.1 Å². The second-order valence-corrected chi connectivity index (χ2v) is 6.62. The molecule has 0 aliphatic heterocycles. The van der Waals surface area contributed by atoms with Crippen LogP contribution in [0.3, 0.4) is 0 Å². The van der Waals surface area contributed by atoms with Crippen LogP contribution in [0.1, 0.15) is 38.5 Å². The van der Waals surface area contributed by atoms with Crippen molar-refractivity contribution >= 4 is 23.5 Å². The van der Waals surface area contributed by atoms with Crippen molar-refractivity contribution in [3.05, 3.63) is 24.4 Å². The van der Waals surface area contributed by atoms with Crippen LogP contribution in [0.2, 0.25) is 0 Å². The molecule has 0 atom stereocenters. The van der Waals surface area contributed by atoms with E-state index in [1.54, 1.807) is 31.5 Å². The van der Waals surface area contributed by atoms with Gasteiger partial charge >= 0.3 is 0 Å². The second-order valence-electron chi connectivity index (χ2n) is 6.62. The van der Waals surface area contributed by atoms with Gasteiger partial charge in [0, 0.05) is 38.7 Å². The van der Waals surface area contributed by atoms with Gasteiger partial charge in [-0.3, -0.25) is 14.4 Å². The zero-order valence-electron chi connectivity index (χ0n) is 15.8. The number of hydrogen-bond donors (Lipinski definition) is 2. The summed E-state index contributed by atoms with van der Waals surface area (Å²) in [7, 11) is 1.54. The number of hydrogen-bond acceptors (Lipinski definition) is 5. The number of rotatable bonds is 10. The Bertz CT molecular complexity index is 617. The summed E-state index contributed by atoms with van der Waals surface area (Å²) in [6, 6.07) is 5.41. The molecule has 1 aliphatic carbocycles. The summed E-state index contributed by atoms with van der Waals surface area (Å²) in [5.41, 5.74) is 0. The van der Waals surface area contributed by atoms with Crippen LogP contribution in [-0.4, -0.2) is 60.5 Å². The number of anilines is 1. The maximum absolute atomic E-state index is 12.5. The van der Waals surface area contributed by atoms with Gasteiger partial charge in [0.15, 0.2) is 0 Å². The molecule has 1 aliphatic rings. The van der Waals surface area contributed by atoms with E-state index in [0.717, 1.165) is 25.7 Å². The van der Waals surface area contributed by atoms with Crippen molar-refractivity contribution in [2.45, 2.75) is 44.6 Å². The first kappa shape index (κ1) is 20.8. The molecule has 2 N–H and O–H groups in total. The fourth-order valence-electron chi connectivity index (χ4n) is 3.03. The molecule has 1 fully saturated rings. The topological polar surface area (TPSA) is 101 Å². The molecule has 0 radical (unpaired) electrons. The molecule has 0 spiro atoms. The smallest absolute Gasteiger partial charge is 0.239 e. The number of carbonyl (C=O) groups is 3. The molecule has 8 nitrogen and oxygen atoms in total. The van der Waals surface area contributed by atoms with E-state index >= 15 is 0 Å². The fourth-order valence-corrected chi connectivity index (χ4v) is 3.03. The largest absolute Gasteiger partial charge is 0.383 e. The number of pyridine rings is 1. The summed E-state index contributed by atoms with van der Waals surface area (Å²) < 4.78 is 5.03. The molecule has 0 saturated heterocycles. The average Bonchev–Trinajstić information content (AvgIpc) is 3.16. The Balaban J connectivity index is 1.79. The van der Waals surface area contributed by atoms with E-state index in [1.165, 1.54) is 4.90 Å². The first-order chi connectivity index (χ1) is 13.1. The Morgan fingerprint density at radius 3 is 2.63 bits per heavy atom. The van der Waals surface area contributed by atoms with Gasteiger partial charge in [-0.1, -0.05) is 18.9 Å². The lowest BCUT2D eigenvalue weighted by atomic mass is 10.2. The van der Waals surface area contributed by atoms with Gasteiger partial charge < -0.3 is 20.3 Å². The van der Waals surface area contributed by atoms with Crippen molar-refractivity contribution in [2.75, 3.05) is 32.1 Å². The third kappa shape index (κ3) is 7.74. The second kappa shape index (κ2) is 11.3. The minimum Gasteiger partial charge on any atom is -0.383 e. The highest BCUT2D eigenvalue weighted by atomic mass is 16.5. The highest BCUT2D eigenvalue weighted by molar-refractivity contribution is 5.93. The Labute approximate surface area is 159 Å². The SMILES string of the molecule is COCCN(CC(=O)NC1CCCC1)C(=O)CCC(=O)Nc1ccccn1. The predicted octanol–water partition coefficient (Wildman–Crippen LogP) is 1.33. The van der Waals surface area contributed by atoms with Crippen molar-refractivity contribution < 1.29 is 19.1 Å². The average molecular weight is 376 g/mol. The molecule has 27 heavy (non-hydrogen) atoms. The Morgan fingerprint density at radius 2 is 1.96 bits per heavy atom. The molecule has 8 heteroatoms. The summed E-state index contributed by atoms with van der Waals surface area (Å²) in [5, 5.41) is 5.62. The summed E-state index contributed by atoms with van der Waals surface area (Å²) >= 11 is 0. The standard InChI is InChI=1S/C19H28N4O4/c1-27-13-12-23(14-18(25)21-15-6-2-3-7-15)19(26)10-9-17(24)22-16-8-4-5-11-20-16/h4-5,8,11,15H,2-3,6-7,9-10,12-14H2,1H3,(H,21,25)(H,20,22,24). The molecule has 3 amide bonds. The van der Waals surface area contributed by atoms with Crippen LogP contribution >= 0.6 is 0 Å². The maximum atomic E-state index is 12.5. The number of aromatic nitrogens is 1. The number of nitrogens with one attached hydrogen (secondary N) is 2. The first-order valence-corrected chi connectivity index (χ1v) is 9.35. The third-order valence-corrected chi connectivity index (χ3v) is 4.47. The van der Waals surface area contributed by atoms with Gasteiger partial charge in [-0.25, -0.2) is 4.98 Å². The lowest BCUT2D eigenvalue weighted by Crippen LogP contribution is -2.44. The van der Waals surface area contributed by atoms with Crippen LogP contribution in [0, 0.1) is 0 Å². The van der Waals surface area contributed by atoms with Gasteiger partial charge in [0.05, 0.1) is 13.2 Å². The minimum absolute atomic E-state index is 0.0133. The number of carbonyl (C=O) groups excluding carboxylic acids is 3. The van der Waals surface area contributed by atoms with E-state index in [9.17, 15) is 14.4 Å². The Kier molecular flexibility index (Phi) is 8.70. The number of nitrogens with zero attached hydrogens (tertiary/aromatic N) is 2. The first-order valence-electron chi connectivity index (χ1n) is 9.35. The van der Waals surface area contributed by atoms with Gasteiger partial charge in [-0.2, -0.15) is 0 Å². The van der Waals surface area contributed by atoms with E-state index in [1.807, 2.05) is 0 Å². The van der Waals surface area contributed by atoms with Crippen molar-refractivity contribution in [3.8, 4) is 0 Å². The zero-order valence-corrected chi connectivity index (χ0v) is 15.8. The predicted molar refractivity (Wildman–Crippen MR) is 101 cm³/mol. The highest BCUT2D eigenvalue weighted by Gasteiger charge is 2.21. The van der Waals surface area contributed by atoms with E-state index in [2.05, 4.69) is 15.6 Å². The van der Waals surface area contributed by atoms with Crippen LogP contribution in [0.15, 0.2) is 24.4 Å². The number of ether oxygens (including phenoxy) is 1. The molecule has 0 bridgehead atoms. The lowest BCUT2D eigenvalue weighted by molar-refractivity contribution is -0.137. The molecule has 1 aromatic rings. The summed E-state index contributed by atoms with van der Waals surface area (Å²) in [6.45, 7) is 0.637. The van der Waals surface area contributed by atoms with Crippen LogP contribution in [0.5, 0.6) is 0 Å². The Morgan fingerprint density at radius 1 is 1.19 bits per heavy atom. The van der Waals surface area contributed by atoms with Crippen molar-refractivity contribution in [1.82, 2.24) is 15.2 Å². The third-order valence-electron chi connectivity index (χ3n) is 4.47. The van der Waals surface area contributed by atoms with E-state index < -0.39 is 0 Å². The van der Waals surface area contributed by atoms with Crippen molar-refractivity contribution in [3.63, 3.8) is 0 Å². The van der Waals surface area contributed by atoms with Gasteiger partial charge in [0.2, 0.25) is 17.7 Å². The van der Waals surface area contributed by atoms with Crippen molar-refractivity contribution in [2.24, 2.45) is 0 Å². The van der Waals surface area contributed by atoms with E-state index in [0.29, 0.717) is 19.0 Å². The quantitative estimate of drug-likeness (QED) is 0.642. The zero-order chi connectivity index (χ0) is 19.5. The van der Waals surface area contributed by atoms with Gasteiger partial charge in [0.25, 0.3) is 0 Å². The molecular weight excluding hydrogens is 348 g/mol. The lowest BCUT2D eigenvalue weighted by Gasteiger charge is -2.23. The molecule has 1 aromatic heterocycles. The molecule has 1 saturated carbocycles. The van der Waals surface area contributed by atoms with E-state index in [4.69, 9.17) is 4.74 Å². The Hall–Kier alpha value is -2.48. The molecule has 2 rings (SSSR count). The monoisotopic (exact) mass is 376 g/mol. The highest BCUT2D eigenvalue weighted by Crippen LogP contribution is 2.17. The molecular formula is C19H28N4O4. The van der Waals surface area contributed by atoms with Gasteiger partial charge in [-0.15, -0.1) is 0 Å². The van der Waals surface area contributed by atoms with Crippen LogP contribution < -0.4 is 10.6 Å². The number of amides is 3.